The maximum Gasteiger partial charge on any atom is 0.416 e. The molecule has 4 aromatic rings. The van der Waals surface area contributed by atoms with E-state index in [2.05, 4.69) is 15.4 Å². The van der Waals surface area contributed by atoms with E-state index in [0.717, 1.165) is 16.8 Å². The molecule has 1 N–H and O–H groups in total. The number of rotatable bonds is 5. The number of alkyl halides is 3. The van der Waals surface area contributed by atoms with Crippen molar-refractivity contribution in [3.8, 4) is 16.9 Å². The highest BCUT2D eigenvalue weighted by atomic mass is 19.4. The molecule has 1 fully saturated rings. The fourth-order valence-electron chi connectivity index (χ4n) is 4.62. The van der Waals surface area contributed by atoms with Crippen molar-refractivity contribution < 1.29 is 22.8 Å². The number of nitrogens with zero attached hydrogens (tertiary/aromatic N) is 6. The van der Waals surface area contributed by atoms with Crippen LogP contribution in [0.4, 0.5) is 29.3 Å². The highest BCUT2D eigenvalue weighted by Gasteiger charge is 2.36. The summed E-state index contributed by atoms with van der Waals surface area (Å²) in [5.74, 6) is -0.323. The molecule has 10 nitrogen and oxygen atoms in total. The molecule has 5 rings (SSSR count). The van der Waals surface area contributed by atoms with Gasteiger partial charge < -0.3 is 5.32 Å². The van der Waals surface area contributed by atoms with Gasteiger partial charge >= 0.3 is 17.9 Å². The quantitative estimate of drug-likeness (QED) is 0.407. The zero-order chi connectivity index (χ0) is 28.8. The van der Waals surface area contributed by atoms with Crippen molar-refractivity contribution in [1.29, 1.82) is 0 Å². The lowest BCUT2D eigenvalue weighted by Crippen LogP contribution is -2.32. The highest BCUT2D eigenvalue weighted by Crippen LogP contribution is 2.40. The Kier molecular flexibility index (Phi) is 6.65. The van der Waals surface area contributed by atoms with Gasteiger partial charge in [0.25, 0.3) is 5.91 Å². The summed E-state index contributed by atoms with van der Waals surface area (Å²) in [6.07, 6.45) is -1.98. The maximum absolute atomic E-state index is 14.0. The molecule has 1 aliphatic heterocycles. The van der Waals surface area contributed by atoms with E-state index < -0.39 is 23.5 Å². The van der Waals surface area contributed by atoms with Crippen LogP contribution in [0.1, 0.15) is 21.5 Å². The second-order valence-corrected chi connectivity index (χ2v) is 9.19. The maximum atomic E-state index is 14.0. The largest absolute Gasteiger partial charge is 0.416 e. The van der Waals surface area contributed by atoms with Crippen LogP contribution in [0.15, 0.2) is 65.8 Å². The first-order valence-corrected chi connectivity index (χ1v) is 12.2. The van der Waals surface area contributed by atoms with E-state index in [1.807, 2.05) is 0 Å². The average Bonchev–Trinajstić information content (AvgIpc) is 3.49. The molecule has 0 bridgehead atoms. The van der Waals surface area contributed by atoms with E-state index in [9.17, 15) is 27.6 Å². The average molecular weight is 552 g/mol. The van der Waals surface area contributed by atoms with Crippen LogP contribution in [0, 0.1) is 6.92 Å². The summed E-state index contributed by atoms with van der Waals surface area (Å²) in [6, 6.07) is 11.0. The summed E-state index contributed by atoms with van der Waals surface area (Å²) < 4.78 is 44.4. The number of pyridine rings is 1. The number of urea groups is 1. The van der Waals surface area contributed by atoms with E-state index in [1.165, 1.54) is 47.1 Å². The number of aromatic nitrogens is 4. The van der Waals surface area contributed by atoms with Gasteiger partial charge in [-0.2, -0.15) is 18.3 Å². The molecule has 0 unspecified atom stereocenters. The molecule has 0 saturated carbocycles. The third-order valence-corrected chi connectivity index (χ3v) is 6.78. The summed E-state index contributed by atoms with van der Waals surface area (Å²) in [7, 11) is 2.99. The summed E-state index contributed by atoms with van der Waals surface area (Å²) in [5, 5.41) is 6.41. The lowest BCUT2D eigenvalue weighted by molar-refractivity contribution is -0.137. The first-order chi connectivity index (χ1) is 19.0. The minimum atomic E-state index is -4.68. The molecular formula is C27H24F3N7O3. The first-order valence-electron chi connectivity index (χ1n) is 12.2. The number of hydrogen-bond donors (Lipinski definition) is 1. The second-order valence-electron chi connectivity index (χ2n) is 9.19. The molecule has 1 aliphatic rings. The molecule has 0 spiro atoms. The van der Waals surface area contributed by atoms with Gasteiger partial charge in [-0.3, -0.25) is 19.6 Å². The fraction of sp³-hybridized carbons (Fsp3) is 0.222. The Bertz CT molecular complexity index is 1680. The molecule has 0 aliphatic carbocycles. The van der Waals surface area contributed by atoms with Gasteiger partial charge in [-0.25, -0.2) is 18.8 Å². The lowest BCUT2D eigenvalue weighted by atomic mass is 9.98. The zero-order valence-corrected chi connectivity index (χ0v) is 21.7. The molecule has 1 saturated heterocycles. The molecule has 0 atom stereocenters. The Labute approximate surface area is 226 Å². The van der Waals surface area contributed by atoms with Crippen LogP contribution in [0.3, 0.4) is 0 Å². The first kappa shape index (κ1) is 26.7. The summed E-state index contributed by atoms with van der Waals surface area (Å²) >= 11 is 0. The predicted molar refractivity (Wildman–Crippen MR) is 142 cm³/mol. The topological polar surface area (TPSA) is 105 Å². The van der Waals surface area contributed by atoms with Gasteiger partial charge in [0.15, 0.2) is 0 Å². The van der Waals surface area contributed by atoms with Crippen molar-refractivity contribution >= 4 is 23.3 Å². The lowest BCUT2D eigenvalue weighted by Gasteiger charge is -2.23. The third-order valence-electron chi connectivity index (χ3n) is 6.78. The molecule has 206 valence electrons. The number of carbonyl (C=O) groups is 2. The number of aryl methyl sites for hydroxylation is 1. The van der Waals surface area contributed by atoms with Gasteiger partial charge in [0.1, 0.15) is 6.33 Å². The van der Waals surface area contributed by atoms with Crippen molar-refractivity contribution in [2.24, 2.45) is 7.05 Å². The van der Waals surface area contributed by atoms with Gasteiger partial charge in [-0.05, 0) is 55.0 Å². The van der Waals surface area contributed by atoms with E-state index in [4.69, 9.17) is 0 Å². The summed E-state index contributed by atoms with van der Waals surface area (Å²) in [5.41, 5.74) is 0.866. The number of carbonyl (C=O) groups excluding carboxylic acids is 2. The number of nitrogens with one attached hydrogen (secondary N) is 1. The van der Waals surface area contributed by atoms with Gasteiger partial charge in [0.2, 0.25) is 0 Å². The monoisotopic (exact) mass is 551 g/mol. The normalized spacial score (nSPS) is 13.7. The second kappa shape index (κ2) is 9.98. The summed E-state index contributed by atoms with van der Waals surface area (Å²) in [4.78, 5) is 44.8. The number of halogens is 3. The standard InChI is InChI=1S/C27H24F3N7O3/c1-16-21(22-8-7-20(14-32-22)37-15-33-34(3)25(37)39)12-18(27(28,29)30)13-23(16)36-10-9-35(26(36)40)19-6-4-5-17(11-19)24(38)31-2/h4-8,11-15H,9-10H2,1-3H3,(H,31,38). The van der Waals surface area contributed by atoms with E-state index in [-0.39, 0.29) is 35.9 Å². The molecule has 40 heavy (non-hydrogen) atoms. The van der Waals surface area contributed by atoms with E-state index >= 15 is 0 Å². The van der Waals surface area contributed by atoms with Crippen LogP contribution in [-0.2, 0) is 13.2 Å². The Hall–Kier alpha value is -4.94. The smallest absolute Gasteiger partial charge is 0.355 e. The van der Waals surface area contributed by atoms with E-state index in [0.29, 0.717) is 22.5 Å². The molecular weight excluding hydrogens is 527 g/mol. The Balaban J connectivity index is 1.53. The number of hydrogen-bond acceptors (Lipinski definition) is 5. The van der Waals surface area contributed by atoms with Crippen LogP contribution in [0.25, 0.3) is 16.9 Å². The fourth-order valence-corrected chi connectivity index (χ4v) is 4.62. The molecule has 2 aromatic heterocycles. The summed E-state index contributed by atoms with van der Waals surface area (Å²) in [6.45, 7) is 1.99. The van der Waals surface area contributed by atoms with Crippen LogP contribution < -0.4 is 20.8 Å². The van der Waals surface area contributed by atoms with Gasteiger partial charge in [0.05, 0.1) is 23.1 Å². The minimum absolute atomic E-state index is 0.106. The van der Waals surface area contributed by atoms with Crippen molar-refractivity contribution in [2.75, 3.05) is 29.9 Å². The van der Waals surface area contributed by atoms with Crippen molar-refractivity contribution in [3.05, 3.63) is 88.2 Å². The van der Waals surface area contributed by atoms with Crippen molar-refractivity contribution in [2.45, 2.75) is 13.1 Å². The van der Waals surface area contributed by atoms with Crippen LogP contribution in [-0.4, -0.2) is 51.4 Å². The number of amides is 3. The van der Waals surface area contributed by atoms with Crippen molar-refractivity contribution in [1.82, 2.24) is 24.6 Å². The molecule has 0 radical (unpaired) electrons. The van der Waals surface area contributed by atoms with Crippen LogP contribution >= 0.6 is 0 Å². The van der Waals surface area contributed by atoms with Crippen molar-refractivity contribution in [3.63, 3.8) is 0 Å². The molecule has 13 heteroatoms. The Morgan fingerprint density at radius 2 is 1.75 bits per heavy atom. The minimum Gasteiger partial charge on any atom is -0.355 e. The van der Waals surface area contributed by atoms with Gasteiger partial charge in [-0.1, -0.05) is 6.07 Å². The Morgan fingerprint density at radius 1 is 1.00 bits per heavy atom. The SMILES string of the molecule is CNC(=O)c1cccc(N2CCN(c3cc(C(F)(F)F)cc(-c4ccc(-n5cnn(C)c5=O)cn4)c3C)C2=O)c1. The highest BCUT2D eigenvalue weighted by molar-refractivity contribution is 6.07. The van der Waals surface area contributed by atoms with E-state index in [1.54, 1.807) is 37.3 Å². The Morgan fingerprint density at radius 3 is 2.38 bits per heavy atom. The molecule has 3 amide bonds. The number of benzene rings is 2. The zero-order valence-electron chi connectivity index (χ0n) is 21.7. The number of anilines is 2. The molecule has 2 aromatic carbocycles. The van der Waals surface area contributed by atoms with Crippen LogP contribution in [0.5, 0.6) is 0 Å². The predicted octanol–water partition coefficient (Wildman–Crippen LogP) is 3.77. The third kappa shape index (κ3) is 4.70. The van der Waals surface area contributed by atoms with Gasteiger partial charge in [-0.15, -0.1) is 0 Å². The van der Waals surface area contributed by atoms with Gasteiger partial charge in [0, 0.05) is 49.7 Å². The van der Waals surface area contributed by atoms with Crippen LogP contribution in [0.2, 0.25) is 0 Å². The molecule has 3 heterocycles.